The summed E-state index contributed by atoms with van der Waals surface area (Å²) in [4.78, 5) is 12.1. The standard InChI is InChI=1S/C10H20N2O2S/c1-5-7(6-8(11)15)12-9(13)10(2,3)14-4/h7H,5-6H2,1-4H3,(H2,11,15)(H,12,13). The number of nitrogens with two attached hydrogens (primary N) is 1. The van der Waals surface area contributed by atoms with Crippen LogP contribution in [0, 0.1) is 0 Å². The lowest BCUT2D eigenvalue weighted by Crippen LogP contribution is -2.48. The molecule has 0 aromatic carbocycles. The van der Waals surface area contributed by atoms with Crippen LogP contribution in [0.15, 0.2) is 0 Å². The molecule has 0 fully saturated rings. The number of ether oxygens (including phenoxy) is 1. The molecular weight excluding hydrogens is 212 g/mol. The van der Waals surface area contributed by atoms with Crippen LogP contribution in [0.25, 0.3) is 0 Å². The highest BCUT2D eigenvalue weighted by Crippen LogP contribution is 2.09. The van der Waals surface area contributed by atoms with Crippen molar-refractivity contribution in [2.45, 2.75) is 45.3 Å². The summed E-state index contributed by atoms with van der Waals surface area (Å²) in [6.07, 6.45) is 1.32. The average Bonchev–Trinajstić information content (AvgIpc) is 2.15. The number of amides is 1. The van der Waals surface area contributed by atoms with E-state index >= 15 is 0 Å². The summed E-state index contributed by atoms with van der Waals surface area (Å²) in [7, 11) is 1.51. The molecule has 0 rings (SSSR count). The number of hydrogen-bond acceptors (Lipinski definition) is 3. The van der Waals surface area contributed by atoms with E-state index in [4.69, 9.17) is 22.7 Å². The van der Waals surface area contributed by atoms with E-state index in [1.807, 2.05) is 6.92 Å². The van der Waals surface area contributed by atoms with Crippen molar-refractivity contribution in [1.29, 1.82) is 0 Å². The van der Waals surface area contributed by atoms with Gasteiger partial charge in [0.15, 0.2) is 0 Å². The van der Waals surface area contributed by atoms with E-state index in [-0.39, 0.29) is 11.9 Å². The van der Waals surface area contributed by atoms with E-state index in [1.165, 1.54) is 7.11 Å². The highest BCUT2D eigenvalue weighted by molar-refractivity contribution is 7.80. The molecule has 4 nitrogen and oxygen atoms in total. The van der Waals surface area contributed by atoms with Gasteiger partial charge in [-0.2, -0.15) is 0 Å². The van der Waals surface area contributed by atoms with Gasteiger partial charge in [-0.05, 0) is 20.3 Å². The number of thiocarbonyl (C=S) groups is 1. The number of nitrogens with one attached hydrogen (secondary N) is 1. The van der Waals surface area contributed by atoms with Crippen LogP contribution in [0.5, 0.6) is 0 Å². The van der Waals surface area contributed by atoms with Gasteiger partial charge in [0.05, 0.1) is 4.99 Å². The van der Waals surface area contributed by atoms with Crippen LogP contribution in [0.3, 0.4) is 0 Å². The van der Waals surface area contributed by atoms with Crippen LogP contribution in [0.4, 0.5) is 0 Å². The predicted molar refractivity (Wildman–Crippen MR) is 64.7 cm³/mol. The number of carbonyl (C=O) groups is 1. The maximum atomic E-state index is 11.7. The predicted octanol–water partition coefficient (Wildman–Crippen LogP) is 0.982. The van der Waals surface area contributed by atoms with Crippen LogP contribution >= 0.6 is 12.2 Å². The lowest BCUT2D eigenvalue weighted by molar-refractivity contribution is -0.140. The van der Waals surface area contributed by atoms with Gasteiger partial charge in [0.2, 0.25) is 0 Å². The van der Waals surface area contributed by atoms with Gasteiger partial charge in [-0.15, -0.1) is 0 Å². The fourth-order valence-corrected chi connectivity index (χ4v) is 1.19. The monoisotopic (exact) mass is 232 g/mol. The fourth-order valence-electron chi connectivity index (χ4n) is 0.992. The summed E-state index contributed by atoms with van der Waals surface area (Å²) in [5, 5.41) is 2.86. The Morgan fingerprint density at radius 1 is 1.60 bits per heavy atom. The van der Waals surface area contributed by atoms with Crippen molar-refractivity contribution >= 4 is 23.1 Å². The van der Waals surface area contributed by atoms with Crippen LogP contribution in [0.1, 0.15) is 33.6 Å². The molecule has 3 N–H and O–H groups in total. The molecular formula is C10H20N2O2S. The van der Waals surface area contributed by atoms with Gasteiger partial charge < -0.3 is 15.8 Å². The quantitative estimate of drug-likeness (QED) is 0.670. The fraction of sp³-hybridized carbons (Fsp3) is 0.800. The Hall–Kier alpha value is -0.680. The van der Waals surface area contributed by atoms with Crippen molar-refractivity contribution in [3.8, 4) is 0 Å². The second-order valence-corrected chi connectivity index (χ2v) is 4.49. The van der Waals surface area contributed by atoms with E-state index in [0.717, 1.165) is 6.42 Å². The Morgan fingerprint density at radius 2 is 2.13 bits per heavy atom. The largest absolute Gasteiger partial charge is 0.393 e. The molecule has 1 amide bonds. The summed E-state index contributed by atoms with van der Waals surface area (Å²) in [6, 6.07) is -0.00979. The molecule has 0 saturated carbocycles. The third-order valence-corrected chi connectivity index (χ3v) is 2.50. The molecule has 0 aliphatic carbocycles. The zero-order valence-electron chi connectivity index (χ0n) is 9.79. The molecule has 0 aromatic rings. The zero-order valence-corrected chi connectivity index (χ0v) is 10.6. The lowest BCUT2D eigenvalue weighted by Gasteiger charge is -2.25. The van der Waals surface area contributed by atoms with E-state index in [2.05, 4.69) is 5.32 Å². The molecule has 0 radical (unpaired) electrons. The van der Waals surface area contributed by atoms with Gasteiger partial charge in [-0.25, -0.2) is 0 Å². The first-order valence-electron chi connectivity index (χ1n) is 4.98. The Morgan fingerprint density at radius 3 is 2.47 bits per heavy atom. The molecule has 0 heterocycles. The third kappa shape index (κ3) is 5.09. The van der Waals surface area contributed by atoms with Crippen molar-refractivity contribution in [1.82, 2.24) is 5.32 Å². The minimum Gasteiger partial charge on any atom is -0.393 e. The van der Waals surface area contributed by atoms with Crippen LogP contribution in [0.2, 0.25) is 0 Å². The highest BCUT2D eigenvalue weighted by Gasteiger charge is 2.28. The van der Waals surface area contributed by atoms with E-state index in [1.54, 1.807) is 13.8 Å². The topological polar surface area (TPSA) is 64.3 Å². The molecule has 0 aliphatic heterocycles. The number of methoxy groups -OCH3 is 1. The zero-order chi connectivity index (χ0) is 12.1. The number of hydrogen-bond donors (Lipinski definition) is 2. The average molecular weight is 232 g/mol. The Bertz CT molecular complexity index is 242. The Kier molecular flexibility index (Phi) is 5.75. The SMILES string of the molecule is CCC(CC(N)=S)NC(=O)C(C)(C)OC. The van der Waals surface area contributed by atoms with Gasteiger partial charge >= 0.3 is 0 Å². The Balaban J connectivity index is 4.30. The second-order valence-electron chi connectivity index (χ2n) is 3.96. The lowest BCUT2D eigenvalue weighted by atomic mass is 10.1. The highest BCUT2D eigenvalue weighted by atomic mass is 32.1. The summed E-state index contributed by atoms with van der Waals surface area (Å²) >= 11 is 4.81. The van der Waals surface area contributed by atoms with E-state index in [9.17, 15) is 4.79 Å². The molecule has 15 heavy (non-hydrogen) atoms. The first-order chi connectivity index (χ1) is 6.83. The maximum absolute atomic E-state index is 11.7. The van der Waals surface area contributed by atoms with Crippen LogP contribution in [-0.4, -0.2) is 29.6 Å². The van der Waals surface area contributed by atoms with Gasteiger partial charge in [0, 0.05) is 19.6 Å². The molecule has 0 aromatic heterocycles. The molecule has 0 bridgehead atoms. The van der Waals surface area contributed by atoms with Crippen molar-refractivity contribution in [3.05, 3.63) is 0 Å². The number of carbonyl (C=O) groups excluding carboxylic acids is 1. The smallest absolute Gasteiger partial charge is 0.251 e. The molecule has 1 unspecified atom stereocenters. The third-order valence-electron chi connectivity index (χ3n) is 2.33. The minimum absolute atomic E-state index is 0.00979. The van der Waals surface area contributed by atoms with Gasteiger partial charge in [-0.3, -0.25) is 4.79 Å². The van der Waals surface area contributed by atoms with Crippen molar-refractivity contribution in [3.63, 3.8) is 0 Å². The number of rotatable bonds is 6. The van der Waals surface area contributed by atoms with E-state index < -0.39 is 5.60 Å². The van der Waals surface area contributed by atoms with Crippen LogP contribution < -0.4 is 11.1 Å². The van der Waals surface area contributed by atoms with Gasteiger partial charge in [0.25, 0.3) is 5.91 Å². The van der Waals surface area contributed by atoms with Gasteiger partial charge in [-0.1, -0.05) is 19.1 Å². The first kappa shape index (κ1) is 14.3. The van der Waals surface area contributed by atoms with Crippen molar-refractivity contribution in [2.75, 3.05) is 7.11 Å². The summed E-state index contributed by atoms with van der Waals surface area (Å²) < 4.78 is 5.07. The van der Waals surface area contributed by atoms with Crippen molar-refractivity contribution in [2.24, 2.45) is 5.73 Å². The summed E-state index contributed by atoms with van der Waals surface area (Å²) in [5.74, 6) is -0.145. The molecule has 1 atom stereocenters. The molecule has 88 valence electrons. The molecule has 0 spiro atoms. The van der Waals surface area contributed by atoms with Crippen LogP contribution in [-0.2, 0) is 9.53 Å². The Labute approximate surface area is 96.5 Å². The molecule has 0 aliphatic rings. The summed E-state index contributed by atoms with van der Waals surface area (Å²) in [6.45, 7) is 5.41. The summed E-state index contributed by atoms with van der Waals surface area (Å²) in [5.41, 5.74) is 4.62. The van der Waals surface area contributed by atoms with Gasteiger partial charge in [0.1, 0.15) is 5.60 Å². The first-order valence-corrected chi connectivity index (χ1v) is 5.38. The minimum atomic E-state index is -0.816. The van der Waals surface area contributed by atoms with E-state index in [0.29, 0.717) is 11.4 Å². The molecule has 0 saturated heterocycles. The second kappa shape index (κ2) is 6.02. The van der Waals surface area contributed by atoms with Crippen molar-refractivity contribution < 1.29 is 9.53 Å². The molecule has 5 heteroatoms. The normalized spacial score (nSPS) is 13.3. The maximum Gasteiger partial charge on any atom is 0.251 e.